The van der Waals surface area contributed by atoms with Crippen LogP contribution in [0.5, 0.6) is 0 Å². The molecule has 0 spiro atoms. The van der Waals surface area contributed by atoms with Gasteiger partial charge in [-0.2, -0.15) is 0 Å². The number of aliphatic hydroxyl groups excluding tert-OH is 1. The van der Waals surface area contributed by atoms with Crippen LogP contribution in [0.1, 0.15) is 113 Å². The molecule has 198 valence electrons. The van der Waals surface area contributed by atoms with Gasteiger partial charge in [0.1, 0.15) is 6.61 Å². The highest BCUT2D eigenvalue weighted by atomic mass is 16.7. The van der Waals surface area contributed by atoms with Gasteiger partial charge in [-0.15, -0.1) is 0 Å². The van der Waals surface area contributed by atoms with E-state index in [9.17, 15) is 15.0 Å². The lowest BCUT2D eigenvalue weighted by Crippen LogP contribution is -2.64. The maximum atomic E-state index is 11.4. The molecule has 0 heterocycles. The molecule has 0 aliphatic heterocycles. The number of hydrogen-bond acceptors (Lipinski definition) is 3. The summed E-state index contributed by atoms with van der Waals surface area (Å²) in [7, 11) is 0. The molecule has 2 N–H and O–H groups in total. The molecule has 0 amide bonds. The molecular formula is C31H50O4. The predicted octanol–water partition coefficient (Wildman–Crippen LogP) is 7.84. The van der Waals surface area contributed by atoms with E-state index in [1.54, 1.807) is 5.57 Å². The van der Waals surface area contributed by atoms with Crippen LogP contribution in [-0.4, -0.2) is 29.1 Å². The summed E-state index contributed by atoms with van der Waals surface area (Å²) >= 11 is 0. The monoisotopic (exact) mass is 486 g/mol. The molecule has 0 radical (unpaired) electrons. The number of allylic oxidation sites excluding steroid dienone is 2. The lowest BCUT2D eigenvalue weighted by Gasteiger charge is -2.71. The molecule has 0 aromatic rings. The zero-order chi connectivity index (χ0) is 25.7. The average Bonchev–Trinajstić information content (AvgIpc) is 2.76. The molecule has 1 unspecified atom stereocenters. The molecule has 35 heavy (non-hydrogen) atoms. The Balaban J connectivity index is 1.56. The molecule has 0 aromatic carbocycles. The van der Waals surface area contributed by atoms with Gasteiger partial charge in [0.2, 0.25) is 0 Å². The van der Waals surface area contributed by atoms with Crippen LogP contribution in [-0.2, 0) is 4.74 Å². The molecule has 5 aliphatic carbocycles. The van der Waals surface area contributed by atoms with E-state index >= 15 is 0 Å². The van der Waals surface area contributed by atoms with Crippen LogP contribution in [0.15, 0.2) is 11.6 Å². The smallest absolute Gasteiger partial charge is 0.450 e. The Hall–Kier alpha value is -1.03. The summed E-state index contributed by atoms with van der Waals surface area (Å²) in [4.78, 5) is 11.4. The number of hydrogen-bond donors (Lipinski definition) is 2. The second kappa shape index (κ2) is 7.74. The SMILES string of the molecule is CC1(C)CC[C@]2(COC(=O)O)CC[C@]3(C)C(=CC[C@@H]4[C@@]5(C)CC[C@H](O)C(C)(C)C5CC[C@]43C)[C@H]2C1. The first-order chi connectivity index (χ1) is 16.1. The van der Waals surface area contributed by atoms with Crippen LogP contribution in [0.4, 0.5) is 4.79 Å². The number of carbonyl (C=O) groups is 1. The number of rotatable bonds is 2. The molecule has 0 aromatic heterocycles. The van der Waals surface area contributed by atoms with Crippen molar-refractivity contribution < 1.29 is 19.7 Å². The summed E-state index contributed by atoms with van der Waals surface area (Å²) in [6.45, 7) is 17.5. The Morgan fingerprint density at radius 2 is 1.63 bits per heavy atom. The number of carboxylic acid groups (broad SMARTS) is 1. The largest absolute Gasteiger partial charge is 0.505 e. The molecular weight excluding hydrogens is 436 g/mol. The second-order valence-corrected chi connectivity index (χ2v) is 15.5. The third-order valence-corrected chi connectivity index (χ3v) is 13.3. The fraction of sp³-hybridized carbons (Fsp3) is 0.903. The van der Waals surface area contributed by atoms with Crippen molar-refractivity contribution in [2.75, 3.05) is 6.61 Å². The molecule has 0 saturated heterocycles. The van der Waals surface area contributed by atoms with Crippen molar-refractivity contribution in [3.63, 3.8) is 0 Å². The highest BCUT2D eigenvalue weighted by molar-refractivity contribution is 5.56. The first-order valence-corrected chi connectivity index (χ1v) is 14.4. The topological polar surface area (TPSA) is 66.8 Å². The number of aliphatic hydroxyl groups is 1. The van der Waals surface area contributed by atoms with Crippen LogP contribution >= 0.6 is 0 Å². The lowest BCUT2D eigenvalue weighted by atomic mass is 9.33. The van der Waals surface area contributed by atoms with Gasteiger partial charge in [0.05, 0.1) is 6.10 Å². The Morgan fingerprint density at radius 1 is 0.943 bits per heavy atom. The van der Waals surface area contributed by atoms with Gasteiger partial charge in [-0.25, -0.2) is 4.79 Å². The summed E-state index contributed by atoms with van der Waals surface area (Å²) in [6.07, 6.45) is 12.5. The van der Waals surface area contributed by atoms with Gasteiger partial charge < -0.3 is 14.9 Å². The van der Waals surface area contributed by atoms with Crippen molar-refractivity contribution in [2.45, 2.75) is 119 Å². The Kier molecular flexibility index (Phi) is 5.67. The van der Waals surface area contributed by atoms with Gasteiger partial charge in [-0.3, -0.25) is 0 Å². The summed E-state index contributed by atoms with van der Waals surface area (Å²) in [5.41, 5.74) is 2.50. The number of fused-ring (bicyclic) bond motifs is 7. The van der Waals surface area contributed by atoms with E-state index in [1.165, 1.54) is 12.8 Å². The standard InChI is InChI=1S/C31H50O4/c1-26(2)14-16-31(19-35-25(33)34)17-15-29(6)20(21(31)18-26)8-9-23-28(5)12-11-24(32)27(3,4)22(28)10-13-30(23,29)7/h8,21-24,32H,9-19H2,1-7H3,(H,33,34)/t21-,22?,23-,24+,28+,29-,30-,31-/m1/s1. The summed E-state index contributed by atoms with van der Waals surface area (Å²) in [5, 5.41) is 20.3. The maximum Gasteiger partial charge on any atom is 0.505 e. The van der Waals surface area contributed by atoms with E-state index in [0.29, 0.717) is 24.4 Å². The Morgan fingerprint density at radius 3 is 2.31 bits per heavy atom. The van der Waals surface area contributed by atoms with Gasteiger partial charge in [0.25, 0.3) is 0 Å². The van der Waals surface area contributed by atoms with Crippen molar-refractivity contribution in [1.29, 1.82) is 0 Å². The summed E-state index contributed by atoms with van der Waals surface area (Å²) in [6, 6.07) is 0. The fourth-order valence-electron chi connectivity index (χ4n) is 10.8. The van der Waals surface area contributed by atoms with Gasteiger partial charge >= 0.3 is 6.16 Å². The van der Waals surface area contributed by atoms with Crippen LogP contribution in [0.3, 0.4) is 0 Å². The van der Waals surface area contributed by atoms with Gasteiger partial charge in [-0.05, 0) is 109 Å². The molecule has 4 heteroatoms. The normalized spacial score (nSPS) is 50.0. The van der Waals surface area contributed by atoms with Gasteiger partial charge in [-0.1, -0.05) is 60.1 Å². The Bertz CT molecular complexity index is 919. The van der Waals surface area contributed by atoms with E-state index in [2.05, 4.69) is 54.5 Å². The molecule has 4 saturated carbocycles. The maximum absolute atomic E-state index is 11.4. The summed E-state index contributed by atoms with van der Waals surface area (Å²) < 4.78 is 5.34. The van der Waals surface area contributed by atoms with E-state index in [0.717, 1.165) is 51.4 Å². The van der Waals surface area contributed by atoms with Crippen LogP contribution in [0.25, 0.3) is 0 Å². The lowest BCUT2D eigenvalue weighted by molar-refractivity contribution is -0.204. The third-order valence-electron chi connectivity index (χ3n) is 13.3. The van der Waals surface area contributed by atoms with Crippen molar-refractivity contribution in [2.24, 2.45) is 50.2 Å². The highest BCUT2D eigenvalue weighted by Crippen LogP contribution is 2.75. The van der Waals surface area contributed by atoms with E-state index < -0.39 is 6.16 Å². The minimum Gasteiger partial charge on any atom is -0.450 e. The molecule has 8 atom stereocenters. The van der Waals surface area contributed by atoms with Crippen molar-refractivity contribution in [3.8, 4) is 0 Å². The minimum absolute atomic E-state index is 0.0253. The van der Waals surface area contributed by atoms with Crippen LogP contribution < -0.4 is 0 Å². The zero-order valence-electron chi connectivity index (χ0n) is 23.4. The minimum atomic E-state index is -1.13. The van der Waals surface area contributed by atoms with Crippen molar-refractivity contribution >= 4 is 6.16 Å². The molecule has 4 nitrogen and oxygen atoms in total. The molecule has 0 bridgehead atoms. The predicted molar refractivity (Wildman–Crippen MR) is 139 cm³/mol. The van der Waals surface area contributed by atoms with Gasteiger partial charge in [0, 0.05) is 5.41 Å². The average molecular weight is 487 g/mol. The molecule has 4 fully saturated rings. The number of ether oxygens (including phenoxy) is 1. The zero-order valence-corrected chi connectivity index (χ0v) is 23.4. The molecule has 5 aliphatic rings. The first kappa shape index (κ1) is 25.6. The summed E-state index contributed by atoms with van der Waals surface area (Å²) in [5.74, 6) is 1.61. The van der Waals surface area contributed by atoms with Crippen molar-refractivity contribution in [3.05, 3.63) is 11.6 Å². The first-order valence-electron chi connectivity index (χ1n) is 14.4. The van der Waals surface area contributed by atoms with Gasteiger partial charge in [0.15, 0.2) is 0 Å². The fourth-order valence-corrected chi connectivity index (χ4v) is 10.8. The third kappa shape index (κ3) is 3.43. The van der Waals surface area contributed by atoms with E-state index in [-0.39, 0.29) is 38.6 Å². The quantitative estimate of drug-likeness (QED) is 0.308. The second-order valence-electron chi connectivity index (χ2n) is 15.5. The molecule has 5 rings (SSSR count). The Labute approximate surface area is 213 Å². The van der Waals surface area contributed by atoms with Crippen LogP contribution in [0, 0.1) is 50.2 Å². The highest BCUT2D eigenvalue weighted by Gasteiger charge is 2.68. The van der Waals surface area contributed by atoms with Crippen LogP contribution in [0.2, 0.25) is 0 Å². The van der Waals surface area contributed by atoms with E-state index in [4.69, 9.17) is 4.74 Å². The van der Waals surface area contributed by atoms with E-state index in [1.807, 2.05) is 0 Å². The van der Waals surface area contributed by atoms with Crippen molar-refractivity contribution in [1.82, 2.24) is 0 Å².